The molecule has 2 aromatic carbocycles. The molecule has 0 saturated carbocycles. The Morgan fingerprint density at radius 1 is 0.773 bits per heavy atom. The van der Waals surface area contributed by atoms with Crippen LogP contribution in [-0.4, -0.2) is 5.11 Å². The summed E-state index contributed by atoms with van der Waals surface area (Å²) in [7, 11) is 0. The van der Waals surface area contributed by atoms with Crippen LogP contribution in [-0.2, 0) is 32.5 Å². The smallest absolute Gasteiger partial charge is 0.127 e. The van der Waals surface area contributed by atoms with Crippen molar-refractivity contribution in [1.82, 2.24) is 0 Å². The fraction of sp³-hybridized carbons (Fsp3) is 0.400. The molecule has 2 heteroatoms. The number of hydrogen-bond acceptors (Lipinski definition) is 1. The molecule has 22 heavy (non-hydrogen) atoms. The van der Waals surface area contributed by atoms with Gasteiger partial charge in [0.25, 0.3) is 0 Å². The van der Waals surface area contributed by atoms with Gasteiger partial charge in [0.15, 0.2) is 0 Å². The van der Waals surface area contributed by atoms with Crippen LogP contribution in [0.1, 0.15) is 52.7 Å². The van der Waals surface area contributed by atoms with Gasteiger partial charge in [-0.15, -0.1) is 0 Å². The second-order valence-electron chi connectivity index (χ2n) is 7.79. The van der Waals surface area contributed by atoms with Crippen molar-refractivity contribution in [3.8, 4) is 16.9 Å². The van der Waals surface area contributed by atoms with E-state index in [2.05, 4.69) is 53.7 Å². The van der Waals surface area contributed by atoms with E-state index in [1.165, 1.54) is 5.56 Å². The molecule has 1 N–H and O–H groups in total. The first-order chi connectivity index (χ1) is 9.60. The molecule has 0 aliphatic heterocycles. The monoisotopic (exact) mass is 330 g/mol. The van der Waals surface area contributed by atoms with E-state index in [-0.39, 0.29) is 32.5 Å². The second-order valence-corrected chi connectivity index (χ2v) is 7.79. The van der Waals surface area contributed by atoms with Crippen LogP contribution in [0.2, 0.25) is 0 Å². The third-order valence-electron chi connectivity index (χ3n) is 3.87. The van der Waals surface area contributed by atoms with Crippen LogP contribution in [0, 0.1) is 0 Å². The summed E-state index contributed by atoms with van der Waals surface area (Å²) < 4.78 is 0. The summed E-state index contributed by atoms with van der Waals surface area (Å²) in [4.78, 5) is 0. The third kappa shape index (κ3) is 4.03. The van der Waals surface area contributed by atoms with Crippen LogP contribution in [0.3, 0.4) is 0 Å². The Morgan fingerprint density at radius 3 is 1.77 bits per heavy atom. The van der Waals surface area contributed by atoms with E-state index in [0.29, 0.717) is 5.75 Å². The standard InChI is InChI=1S/C20H26O.Ti/c1-19(2,3)15-12-16(14-10-8-7-9-11-14)18(21)17(13-15)20(4,5)6;/h7-13,21H,1-6H3;. The van der Waals surface area contributed by atoms with Gasteiger partial charge in [-0.1, -0.05) is 77.9 Å². The third-order valence-corrected chi connectivity index (χ3v) is 3.87. The molecule has 0 aromatic heterocycles. The first kappa shape index (κ1) is 19.0. The Morgan fingerprint density at radius 2 is 1.32 bits per heavy atom. The van der Waals surface area contributed by atoms with Gasteiger partial charge in [-0.3, -0.25) is 0 Å². The Labute approximate surface area is 149 Å². The van der Waals surface area contributed by atoms with Crippen LogP contribution in [0.25, 0.3) is 11.1 Å². The van der Waals surface area contributed by atoms with E-state index in [1.807, 2.05) is 30.3 Å². The molecule has 0 saturated heterocycles. The van der Waals surface area contributed by atoms with Gasteiger partial charge in [0.2, 0.25) is 0 Å². The molecular formula is C20H26OTi. The molecule has 0 fully saturated rings. The molecule has 0 atom stereocenters. The average molecular weight is 330 g/mol. The molecule has 2 rings (SSSR count). The molecule has 0 spiro atoms. The van der Waals surface area contributed by atoms with E-state index >= 15 is 0 Å². The average Bonchev–Trinajstić information content (AvgIpc) is 2.37. The van der Waals surface area contributed by atoms with E-state index < -0.39 is 0 Å². The normalized spacial score (nSPS) is 11.9. The minimum absolute atomic E-state index is 0. The Kier molecular flexibility index (Phi) is 5.70. The zero-order chi connectivity index (χ0) is 15.8. The van der Waals surface area contributed by atoms with Crippen molar-refractivity contribution in [3.63, 3.8) is 0 Å². The predicted octanol–water partition coefficient (Wildman–Crippen LogP) is 5.65. The summed E-state index contributed by atoms with van der Waals surface area (Å²) in [6, 6.07) is 14.4. The van der Waals surface area contributed by atoms with Crippen molar-refractivity contribution in [2.45, 2.75) is 52.4 Å². The number of phenols is 1. The molecule has 0 heterocycles. The number of phenolic OH excluding ortho intramolecular Hbond substituents is 1. The molecular weight excluding hydrogens is 304 g/mol. The van der Waals surface area contributed by atoms with Crippen molar-refractivity contribution >= 4 is 0 Å². The predicted molar refractivity (Wildman–Crippen MR) is 90.9 cm³/mol. The molecule has 0 unspecified atom stereocenters. The van der Waals surface area contributed by atoms with Crippen LogP contribution in [0.5, 0.6) is 5.75 Å². The summed E-state index contributed by atoms with van der Waals surface area (Å²) in [5.74, 6) is 0.404. The maximum absolute atomic E-state index is 10.8. The van der Waals surface area contributed by atoms with Gasteiger partial charge in [-0.05, 0) is 28.0 Å². The number of benzene rings is 2. The molecule has 0 aliphatic rings. The molecule has 0 aliphatic carbocycles. The van der Waals surface area contributed by atoms with E-state index in [4.69, 9.17) is 0 Å². The van der Waals surface area contributed by atoms with Gasteiger partial charge in [-0.2, -0.15) is 0 Å². The molecule has 0 amide bonds. The van der Waals surface area contributed by atoms with Crippen LogP contribution < -0.4 is 0 Å². The van der Waals surface area contributed by atoms with Crippen LogP contribution >= 0.6 is 0 Å². The van der Waals surface area contributed by atoms with Crippen molar-refractivity contribution in [1.29, 1.82) is 0 Å². The maximum Gasteiger partial charge on any atom is 0.127 e. The zero-order valence-electron chi connectivity index (χ0n) is 14.5. The summed E-state index contributed by atoms with van der Waals surface area (Å²) in [5.41, 5.74) is 4.21. The van der Waals surface area contributed by atoms with Crippen LogP contribution in [0.4, 0.5) is 0 Å². The number of rotatable bonds is 1. The van der Waals surface area contributed by atoms with E-state index in [0.717, 1.165) is 16.7 Å². The number of aromatic hydroxyl groups is 1. The Balaban J connectivity index is 0.00000242. The van der Waals surface area contributed by atoms with Crippen molar-refractivity contribution in [2.24, 2.45) is 0 Å². The Hall–Kier alpha value is -1.05. The SMILES string of the molecule is CC(C)(C)c1cc(-c2ccccc2)c(O)c(C(C)(C)C)c1.[Ti]. The summed E-state index contributed by atoms with van der Waals surface area (Å²) in [6.45, 7) is 13.1. The largest absolute Gasteiger partial charge is 0.507 e. The maximum atomic E-state index is 10.8. The van der Waals surface area contributed by atoms with Gasteiger partial charge in [-0.25, -0.2) is 0 Å². The van der Waals surface area contributed by atoms with Gasteiger partial charge < -0.3 is 5.11 Å². The fourth-order valence-corrected chi connectivity index (χ4v) is 2.48. The second kappa shape index (κ2) is 6.60. The van der Waals surface area contributed by atoms with E-state index in [9.17, 15) is 5.11 Å². The summed E-state index contributed by atoms with van der Waals surface area (Å²) in [5, 5.41) is 10.8. The molecule has 0 radical (unpaired) electrons. The summed E-state index contributed by atoms with van der Waals surface area (Å²) >= 11 is 0. The minimum Gasteiger partial charge on any atom is -0.507 e. The summed E-state index contributed by atoms with van der Waals surface area (Å²) in [6.07, 6.45) is 0. The number of hydrogen-bond donors (Lipinski definition) is 1. The van der Waals surface area contributed by atoms with Crippen LogP contribution in [0.15, 0.2) is 42.5 Å². The molecule has 2 aromatic rings. The fourth-order valence-electron chi connectivity index (χ4n) is 2.48. The molecule has 0 bridgehead atoms. The Bertz CT molecular complexity index is 631. The van der Waals surface area contributed by atoms with Crippen molar-refractivity contribution in [3.05, 3.63) is 53.6 Å². The van der Waals surface area contributed by atoms with Gasteiger partial charge >= 0.3 is 0 Å². The molecule has 1 nitrogen and oxygen atoms in total. The first-order valence-corrected chi connectivity index (χ1v) is 7.54. The molecule has 116 valence electrons. The first-order valence-electron chi connectivity index (χ1n) is 7.54. The van der Waals surface area contributed by atoms with E-state index in [1.54, 1.807) is 0 Å². The minimum atomic E-state index is -0.0884. The zero-order valence-corrected chi connectivity index (χ0v) is 16.1. The van der Waals surface area contributed by atoms with Gasteiger partial charge in [0.05, 0.1) is 0 Å². The van der Waals surface area contributed by atoms with Gasteiger partial charge in [0.1, 0.15) is 5.75 Å². The van der Waals surface area contributed by atoms with Gasteiger partial charge in [0, 0.05) is 32.8 Å². The van der Waals surface area contributed by atoms with Crippen molar-refractivity contribution in [2.75, 3.05) is 0 Å². The quantitative estimate of drug-likeness (QED) is 0.670. The van der Waals surface area contributed by atoms with Crippen molar-refractivity contribution < 1.29 is 26.8 Å². The topological polar surface area (TPSA) is 20.2 Å².